The third-order valence-electron chi connectivity index (χ3n) is 2.08. The molecule has 0 amide bonds. The lowest BCUT2D eigenvalue weighted by Crippen LogP contribution is -1.96. The predicted molar refractivity (Wildman–Crippen MR) is 65.7 cm³/mol. The summed E-state index contributed by atoms with van der Waals surface area (Å²) < 4.78 is 19.3. The number of rotatable bonds is 2. The molecule has 1 aromatic heterocycles. The lowest BCUT2D eigenvalue weighted by molar-refractivity contribution is 0.449. The van der Waals surface area contributed by atoms with Gasteiger partial charge in [-0.3, -0.25) is 4.98 Å². The Hall–Kier alpha value is -1.49. The van der Waals surface area contributed by atoms with Gasteiger partial charge in [0, 0.05) is 16.7 Å². The number of hydrogen-bond acceptors (Lipinski definition) is 3. The zero-order valence-electron chi connectivity index (χ0n) is 9.37. The highest BCUT2D eigenvalue weighted by molar-refractivity contribution is 9.10. The van der Waals surface area contributed by atoms with Crippen LogP contribution in [0.3, 0.4) is 0 Å². The average molecular weight is 297 g/mol. The highest BCUT2D eigenvalue weighted by Gasteiger charge is 2.06. The fourth-order valence-electron chi connectivity index (χ4n) is 1.31. The van der Waals surface area contributed by atoms with Crippen molar-refractivity contribution in [2.24, 2.45) is 0 Å². The molecule has 0 saturated carbocycles. The van der Waals surface area contributed by atoms with E-state index in [0.29, 0.717) is 21.8 Å². The summed E-state index contributed by atoms with van der Waals surface area (Å²) in [5, 5.41) is 0. The second-order valence-electron chi connectivity index (χ2n) is 3.61. The largest absolute Gasteiger partial charge is 0.437 e. The van der Waals surface area contributed by atoms with Crippen molar-refractivity contribution < 1.29 is 9.13 Å². The Morgan fingerprint density at radius 3 is 2.71 bits per heavy atom. The van der Waals surface area contributed by atoms with Gasteiger partial charge in [0.15, 0.2) is 0 Å². The molecule has 0 unspecified atom stereocenters. The van der Waals surface area contributed by atoms with Crippen molar-refractivity contribution in [1.82, 2.24) is 9.97 Å². The van der Waals surface area contributed by atoms with Crippen LogP contribution in [0.5, 0.6) is 11.6 Å². The molecule has 17 heavy (non-hydrogen) atoms. The van der Waals surface area contributed by atoms with Gasteiger partial charge in [-0.25, -0.2) is 9.37 Å². The minimum atomic E-state index is -0.368. The van der Waals surface area contributed by atoms with E-state index in [9.17, 15) is 4.39 Å². The van der Waals surface area contributed by atoms with Gasteiger partial charge in [0.25, 0.3) is 0 Å². The molecular formula is C12H10BrFN2O. The van der Waals surface area contributed by atoms with Gasteiger partial charge in [-0.15, -0.1) is 0 Å². The monoisotopic (exact) mass is 296 g/mol. The molecule has 0 fully saturated rings. The molecule has 5 heteroatoms. The Morgan fingerprint density at radius 2 is 2.00 bits per heavy atom. The number of benzene rings is 1. The van der Waals surface area contributed by atoms with Crippen molar-refractivity contribution in [3.8, 4) is 11.6 Å². The quantitative estimate of drug-likeness (QED) is 0.846. The zero-order valence-corrected chi connectivity index (χ0v) is 11.0. The minimum Gasteiger partial charge on any atom is -0.437 e. The maximum absolute atomic E-state index is 13.2. The molecule has 88 valence electrons. The number of hydrogen-bond donors (Lipinski definition) is 0. The highest BCUT2D eigenvalue weighted by atomic mass is 79.9. The van der Waals surface area contributed by atoms with Crippen LogP contribution in [-0.4, -0.2) is 9.97 Å². The van der Waals surface area contributed by atoms with Gasteiger partial charge in [-0.2, -0.15) is 0 Å². The SMILES string of the molecule is Cc1cnc(C)c(Oc2cc(F)cc(Br)c2)n1. The molecule has 0 atom stereocenters. The second-order valence-corrected chi connectivity index (χ2v) is 4.52. The summed E-state index contributed by atoms with van der Waals surface area (Å²) in [5.41, 5.74) is 1.41. The first-order valence-corrected chi connectivity index (χ1v) is 5.78. The Morgan fingerprint density at radius 1 is 1.24 bits per heavy atom. The van der Waals surface area contributed by atoms with Crippen molar-refractivity contribution in [2.75, 3.05) is 0 Å². The second kappa shape index (κ2) is 4.79. The molecule has 0 N–H and O–H groups in total. The summed E-state index contributed by atoms with van der Waals surface area (Å²) in [5.74, 6) is 0.412. The summed E-state index contributed by atoms with van der Waals surface area (Å²) in [6.07, 6.45) is 1.66. The van der Waals surface area contributed by atoms with Crippen molar-refractivity contribution in [2.45, 2.75) is 13.8 Å². The summed E-state index contributed by atoms with van der Waals surface area (Å²) in [6.45, 7) is 3.61. The van der Waals surface area contributed by atoms with Crippen molar-refractivity contribution >= 4 is 15.9 Å². The van der Waals surface area contributed by atoms with Gasteiger partial charge >= 0.3 is 0 Å². The normalized spacial score (nSPS) is 10.4. The van der Waals surface area contributed by atoms with Crippen LogP contribution in [-0.2, 0) is 0 Å². The molecule has 0 spiro atoms. The van der Waals surface area contributed by atoms with E-state index in [-0.39, 0.29) is 5.82 Å². The minimum absolute atomic E-state index is 0.368. The number of halogens is 2. The molecule has 0 aliphatic heterocycles. The molecule has 2 aromatic rings. The van der Waals surface area contributed by atoms with E-state index in [0.717, 1.165) is 5.69 Å². The van der Waals surface area contributed by atoms with Crippen LogP contribution in [0.1, 0.15) is 11.4 Å². The number of nitrogens with zero attached hydrogens (tertiary/aromatic N) is 2. The molecule has 2 rings (SSSR count). The van der Waals surface area contributed by atoms with E-state index in [1.165, 1.54) is 12.1 Å². The molecule has 0 aliphatic carbocycles. The summed E-state index contributed by atoms with van der Waals surface area (Å²) >= 11 is 3.20. The maximum atomic E-state index is 13.2. The first-order chi connectivity index (χ1) is 8.04. The van der Waals surface area contributed by atoms with E-state index in [4.69, 9.17) is 4.74 Å². The van der Waals surface area contributed by atoms with Crippen LogP contribution in [0.2, 0.25) is 0 Å². The molecule has 3 nitrogen and oxygen atoms in total. The van der Waals surface area contributed by atoms with E-state index < -0.39 is 0 Å². The Balaban J connectivity index is 2.34. The number of ether oxygens (including phenoxy) is 1. The predicted octanol–water partition coefficient (Wildman–Crippen LogP) is 3.79. The van der Waals surface area contributed by atoms with E-state index in [1.54, 1.807) is 19.2 Å². The van der Waals surface area contributed by atoms with Crippen molar-refractivity contribution in [3.05, 3.63) is 46.1 Å². The third-order valence-corrected chi connectivity index (χ3v) is 2.54. The molecule has 0 aliphatic rings. The Kier molecular flexibility index (Phi) is 3.38. The Labute approximate surface area is 107 Å². The summed E-state index contributed by atoms with van der Waals surface area (Å²) in [4.78, 5) is 8.33. The molecular weight excluding hydrogens is 287 g/mol. The molecule has 0 saturated heterocycles. The van der Waals surface area contributed by atoms with Crippen LogP contribution in [0.25, 0.3) is 0 Å². The smallest absolute Gasteiger partial charge is 0.241 e. The van der Waals surface area contributed by atoms with Gasteiger partial charge in [0.2, 0.25) is 5.88 Å². The van der Waals surface area contributed by atoms with Crippen molar-refractivity contribution in [1.29, 1.82) is 0 Å². The first-order valence-electron chi connectivity index (χ1n) is 4.99. The molecule has 1 aromatic carbocycles. The summed E-state index contributed by atoms with van der Waals surface area (Å²) in [7, 11) is 0. The molecule has 0 bridgehead atoms. The van der Waals surface area contributed by atoms with Crippen LogP contribution in [0, 0.1) is 19.7 Å². The summed E-state index contributed by atoms with van der Waals surface area (Å²) in [6, 6.07) is 4.34. The fraction of sp³-hybridized carbons (Fsp3) is 0.167. The van der Waals surface area contributed by atoms with Gasteiger partial charge in [0.05, 0.1) is 11.4 Å². The van der Waals surface area contributed by atoms with Crippen LogP contribution in [0.4, 0.5) is 4.39 Å². The lowest BCUT2D eigenvalue weighted by Gasteiger charge is -2.08. The van der Waals surface area contributed by atoms with Gasteiger partial charge in [0.1, 0.15) is 11.6 Å². The fourth-order valence-corrected chi connectivity index (χ4v) is 1.76. The van der Waals surface area contributed by atoms with Gasteiger partial charge < -0.3 is 4.74 Å². The first kappa shape index (κ1) is 12.0. The zero-order chi connectivity index (χ0) is 12.4. The van der Waals surface area contributed by atoms with Gasteiger partial charge in [-0.05, 0) is 26.0 Å². The van der Waals surface area contributed by atoms with E-state index in [2.05, 4.69) is 25.9 Å². The Bertz CT molecular complexity index is 540. The molecule has 0 radical (unpaired) electrons. The van der Waals surface area contributed by atoms with E-state index >= 15 is 0 Å². The third kappa shape index (κ3) is 3.00. The highest BCUT2D eigenvalue weighted by Crippen LogP contribution is 2.26. The number of aryl methyl sites for hydroxylation is 2. The van der Waals surface area contributed by atoms with Crippen LogP contribution in [0.15, 0.2) is 28.9 Å². The standard InChI is InChI=1S/C12H10BrFN2O/c1-7-6-15-8(2)12(16-7)17-11-4-9(13)3-10(14)5-11/h3-6H,1-2H3. The average Bonchev–Trinajstić information content (AvgIpc) is 2.22. The van der Waals surface area contributed by atoms with Crippen LogP contribution >= 0.6 is 15.9 Å². The topological polar surface area (TPSA) is 35.0 Å². The molecule has 1 heterocycles. The number of aromatic nitrogens is 2. The van der Waals surface area contributed by atoms with Crippen LogP contribution < -0.4 is 4.74 Å². The van der Waals surface area contributed by atoms with Crippen molar-refractivity contribution in [3.63, 3.8) is 0 Å². The van der Waals surface area contributed by atoms with Gasteiger partial charge in [-0.1, -0.05) is 15.9 Å². The van der Waals surface area contributed by atoms with E-state index in [1.807, 2.05) is 6.92 Å². The lowest BCUT2D eigenvalue weighted by atomic mass is 10.3. The maximum Gasteiger partial charge on any atom is 0.241 e.